The average Bonchev–Trinajstić information content (AvgIpc) is 1.55. The minimum Gasteiger partial charge on any atom is -0.790 e. The summed E-state index contributed by atoms with van der Waals surface area (Å²) in [6.45, 7) is 1.01. The molecule has 0 radical (unpaired) electrons. The summed E-state index contributed by atoms with van der Waals surface area (Å²) < 4.78 is 26.9. The Labute approximate surface area is 79.7 Å². The molecule has 0 bridgehead atoms. The molecule has 0 rings (SSSR count). The third-order valence-corrected chi connectivity index (χ3v) is 2.66. The van der Waals surface area contributed by atoms with Crippen molar-refractivity contribution >= 4 is 33.0 Å². The summed E-state index contributed by atoms with van der Waals surface area (Å²) in [6.07, 6.45) is 0. The fraction of sp³-hybridized carbons (Fsp3) is 1.00. The fourth-order valence-corrected chi connectivity index (χ4v) is 1.79. The van der Waals surface area contributed by atoms with Crippen molar-refractivity contribution < 1.29 is 32.6 Å². The van der Waals surface area contributed by atoms with Gasteiger partial charge in [0.15, 0.2) is 0 Å². The number of phosphoric ester groups is 1. The van der Waals surface area contributed by atoms with Gasteiger partial charge in [0.1, 0.15) is 0 Å². The van der Waals surface area contributed by atoms with E-state index in [4.69, 9.17) is 0 Å². The molecule has 0 aliphatic carbocycles. The van der Waals surface area contributed by atoms with Crippen LogP contribution in [0.2, 0.25) is 0 Å². The van der Waals surface area contributed by atoms with E-state index in [-0.39, 0.29) is 24.0 Å². The van der Waals surface area contributed by atoms with E-state index in [1.54, 1.807) is 0 Å². The molecule has 12 heavy (non-hydrogen) atoms. The van der Waals surface area contributed by atoms with E-state index in [0.717, 1.165) is 0 Å². The molecular weight excluding hydrogens is 225 g/mol. The van der Waals surface area contributed by atoms with Crippen molar-refractivity contribution in [3.8, 4) is 0 Å². The standard InChI is InChI=1S/C2H8O7P2.Al/c1-2-8-11(6,7)9-10(3,4)5;/h2H2,1H3,(H,6,7)(H2,3,4,5);/q;+3/p-3. The fourth-order valence-electron chi connectivity index (χ4n) is 0.304. The summed E-state index contributed by atoms with van der Waals surface area (Å²) in [4.78, 5) is 29.7. The van der Waals surface area contributed by atoms with Crippen LogP contribution in [0.3, 0.4) is 0 Å². The summed E-state index contributed by atoms with van der Waals surface area (Å²) in [6, 6.07) is 0. The van der Waals surface area contributed by atoms with Crippen LogP contribution in [-0.4, -0.2) is 24.0 Å². The van der Waals surface area contributed by atoms with Gasteiger partial charge in [0.2, 0.25) is 0 Å². The average molecular weight is 230 g/mol. The number of hydrogen-bond acceptors (Lipinski definition) is 7. The van der Waals surface area contributed by atoms with Crippen molar-refractivity contribution in [3.05, 3.63) is 0 Å². The van der Waals surface area contributed by atoms with E-state index in [1.165, 1.54) is 6.92 Å². The predicted molar refractivity (Wildman–Crippen MR) is 33.7 cm³/mol. The van der Waals surface area contributed by atoms with Gasteiger partial charge in [-0.15, -0.1) is 0 Å². The van der Waals surface area contributed by atoms with Crippen molar-refractivity contribution in [1.29, 1.82) is 0 Å². The molecule has 1 unspecified atom stereocenters. The molecule has 10 heteroatoms. The SMILES string of the molecule is CCOP(=O)([O-])OP(=O)([O-])[O-].[Al+3]. The van der Waals surface area contributed by atoms with Gasteiger partial charge in [0.05, 0.1) is 14.4 Å². The van der Waals surface area contributed by atoms with Crippen LogP contribution in [0.4, 0.5) is 0 Å². The van der Waals surface area contributed by atoms with Gasteiger partial charge >= 0.3 is 17.4 Å². The molecule has 0 heterocycles. The Kier molecular flexibility index (Phi) is 7.01. The molecule has 0 spiro atoms. The van der Waals surface area contributed by atoms with Gasteiger partial charge in [-0.3, -0.25) is 8.88 Å². The van der Waals surface area contributed by atoms with Crippen molar-refractivity contribution in [3.63, 3.8) is 0 Å². The third-order valence-electron chi connectivity index (χ3n) is 0.487. The molecule has 0 aromatic carbocycles. The minimum atomic E-state index is -5.52. The normalized spacial score (nSPS) is 16.3. The summed E-state index contributed by atoms with van der Waals surface area (Å²) in [5.41, 5.74) is 0. The first-order valence-electron chi connectivity index (χ1n) is 2.46. The van der Waals surface area contributed by atoms with Gasteiger partial charge < -0.3 is 23.8 Å². The molecule has 0 aliphatic heterocycles. The molecule has 7 nitrogen and oxygen atoms in total. The summed E-state index contributed by atoms with van der Waals surface area (Å²) in [7, 11) is -10.5. The van der Waals surface area contributed by atoms with E-state index in [1.807, 2.05) is 0 Å². The van der Waals surface area contributed by atoms with E-state index in [9.17, 15) is 23.8 Å². The van der Waals surface area contributed by atoms with Crippen LogP contribution in [0.15, 0.2) is 0 Å². The first kappa shape index (κ1) is 15.3. The number of hydrogen-bond donors (Lipinski definition) is 0. The van der Waals surface area contributed by atoms with Crippen molar-refractivity contribution in [2.75, 3.05) is 6.61 Å². The van der Waals surface area contributed by atoms with Crippen LogP contribution < -0.4 is 14.7 Å². The van der Waals surface area contributed by atoms with Crippen LogP contribution in [0.25, 0.3) is 0 Å². The molecule has 68 valence electrons. The van der Waals surface area contributed by atoms with Gasteiger partial charge in [0, 0.05) is 0 Å². The maximum Gasteiger partial charge on any atom is 3.00 e. The minimum absolute atomic E-state index is 0. The molecule has 0 fully saturated rings. The molecule has 0 aliphatic rings. The van der Waals surface area contributed by atoms with Crippen LogP contribution in [0.1, 0.15) is 6.92 Å². The Morgan fingerprint density at radius 3 is 1.92 bits per heavy atom. The molecule has 0 aromatic rings. The van der Waals surface area contributed by atoms with Crippen molar-refractivity contribution in [2.24, 2.45) is 0 Å². The number of rotatable bonds is 4. The second-order valence-corrected chi connectivity index (χ2v) is 4.09. The van der Waals surface area contributed by atoms with E-state index >= 15 is 0 Å². The summed E-state index contributed by atoms with van der Waals surface area (Å²) >= 11 is 0. The quantitative estimate of drug-likeness (QED) is 0.402. The molecule has 1 atom stereocenters. The maximum atomic E-state index is 10.3. The molecule has 0 aromatic heterocycles. The van der Waals surface area contributed by atoms with E-state index < -0.39 is 15.6 Å². The molecule has 0 saturated carbocycles. The van der Waals surface area contributed by atoms with Gasteiger partial charge in [-0.05, 0) is 6.92 Å². The predicted octanol–water partition coefficient (Wildman–Crippen LogP) is -2.04. The zero-order valence-corrected chi connectivity index (χ0v) is 8.98. The smallest absolute Gasteiger partial charge is 0.790 e. The van der Waals surface area contributed by atoms with Gasteiger partial charge in [-0.25, -0.2) is 0 Å². The molecule has 0 saturated heterocycles. The van der Waals surface area contributed by atoms with Gasteiger partial charge in [-0.2, -0.15) is 0 Å². The summed E-state index contributed by atoms with van der Waals surface area (Å²) in [5.74, 6) is 0. The van der Waals surface area contributed by atoms with Crippen LogP contribution in [-0.2, 0) is 18.0 Å². The third kappa shape index (κ3) is 8.89. The number of phosphoric acid groups is 2. The zero-order chi connectivity index (χ0) is 9.12. The summed E-state index contributed by atoms with van der Waals surface area (Å²) in [5, 5.41) is 0. The van der Waals surface area contributed by atoms with Gasteiger partial charge in [0.25, 0.3) is 7.82 Å². The Balaban J connectivity index is 0. The second kappa shape index (κ2) is 5.51. The van der Waals surface area contributed by atoms with Crippen LogP contribution >= 0.6 is 15.6 Å². The van der Waals surface area contributed by atoms with E-state index in [2.05, 4.69) is 8.83 Å². The zero-order valence-electron chi connectivity index (χ0n) is 6.04. The van der Waals surface area contributed by atoms with Crippen molar-refractivity contribution in [1.82, 2.24) is 0 Å². The largest absolute Gasteiger partial charge is 3.00 e. The maximum absolute atomic E-state index is 10.3. The second-order valence-electron chi connectivity index (χ2n) is 1.39. The topological polar surface area (TPSA) is 122 Å². The Hall–Kier alpha value is 0.792. The van der Waals surface area contributed by atoms with E-state index in [0.29, 0.717) is 0 Å². The van der Waals surface area contributed by atoms with Crippen LogP contribution in [0, 0.1) is 0 Å². The monoisotopic (exact) mass is 230 g/mol. The van der Waals surface area contributed by atoms with Crippen molar-refractivity contribution in [2.45, 2.75) is 6.92 Å². The Bertz CT molecular complexity index is 209. The first-order chi connectivity index (χ1) is 4.77. The molecule has 0 N–H and O–H groups in total. The van der Waals surface area contributed by atoms with Gasteiger partial charge in [-0.1, -0.05) is 0 Å². The Morgan fingerprint density at radius 1 is 1.25 bits per heavy atom. The molecular formula is C2H5AlO7P2. The first-order valence-corrected chi connectivity index (χ1v) is 5.38. The molecule has 0 amide bonds. The Morgan fingerprint density at radius 2 is 1.67 bits per heavy atom. The van der Waals surface area contributed by atoms with Crippen LogP contribution in [0.5, 0.6) is 0 Å².